The molecule has 8 nitrogen and oxygen atoms in total. The fourth-order valence-electron chi connectivity index (χ4n) is 4.73. The molecule has 2 saturated heterocycles. The first-order valence-corrected chi connectivity index (χ1v) is 12.5. The Balaban J connectivity index is 1.39. The van der Waals surface area contributed by atoms with Gasteiger partial charge in [-0.25, -0.2) is 0 Å². The minimum Gasteiger partial charge on any atom is -0.399 e. The van der Waals surface area contributed by atoms with Crippen LogP contribution in [0.4, 0.5) is 0 Å². The van der Waals surface area contributed by atoms with Crippen LogP contribution < -0.4 is 5.46 Å². The van der Waals surface area contributed by atoms with E-state index < -0.39 is 18.3 Å². The number of aryl methyl sites for hydroxylation is 1. The van der Waals surface area contributed by atoms with Gasteiger partial charge in [0.15, 0.2) is 0 Å². The number of nitrogens with zero attached hydrogens (tertiary/aromatic N) is 4. The molecule has 0 spiro atoms. The summed E-state index contributed by atoms with van der Waals surface area (Å²) in [5.74, 6) is -0.0468. The second-order valence-electron chi connectivity index (χ2n) is 10.5. The third kappa shape index (κ3) is 4.58. The monoisotopic (exact) mass is 488 g/mol. The molecule has 1 amide bonds. The molecule has 5 rings (SSSR count). The largest absolute Gasteiger partial charge is 0.495 e. The van der Waals surface area contributed by atoms with Crippen molar-refractivity contribution in [1.82, 2.24) is 19.9 Å². The first-order chi connectivity index (χ1) is 17.2. The maximum Gasteiger partial charge on any atom is 0.495 e. The number of hydrogen-bond acceptors (Lipinski definition) is 6. The zero-order chi connectivity index (χ0) is 25.5. The highest BCUT2D eigenvalue weighted by atomic mass is 16.7. The summed E-state index contributed by atoms with van der Waals surface area (Å²) < 4.78 is 18.4. The van der Waals surface area contributed by atoms with E-state index in [1.807, 2.05) is 29.2 Å². The van der Waals surface area contributed by atoms with Crippen molar-refractivity contribution in [3.05, 3.63) is 71.5 Å². The maximum atomic E-state index is 13.8. The number of carbonyl (C=O) groups excluding carboxylic acids is 1. The van der Waals surface area contributed by atoms with Crippen molar-refractivity contribution in [3.63, 3.8) is 0 Å². The van der Waals surface area contributed by atoms with Gasteiger partial charge < -0.3 is 18.9 Å². The number of para-hydroxylation sites is 1. The first-order valence-electron chi connectivity index (χ1n) is 12.5. The van der Waals surface area contributed by atoms with E-state index in [1.165, 1.54) is 4.80 Å². The van der Waals surface area contributed by atoms with Gasteiger partial charge in [-0.1, -0.05) is 35.9 Å². The lowest BCUT2D eigenvalue weighted by Crippen LogP contribution is -2.50. The molecule has 9 heteroatoms. The van der Waals surface area contributed by atoms with E-state index in [9.17, 15) is 4.79 Å². The molecule has 0 bridgehead atoms. The van der Waals surface area contributed by atoms with E-state index in [2.05, 4.69) is 63.0 Å². The standard InChI is InChI=1S/C27H33BN4O4/c1-19-10-11-20(17-23(19)28-35-26(2,3)27(4,5)36-28)16-21-18-34-15-14-31(21)25(33)22-8-6-7-9-24(22)32-29-12-13-30-32/h6-13,17,21H,14-16,18H2,1-5H3. The molecule has 3 heterocycles. The van der Waals surface area contributed by atoms with Crippen LogP contribution in [0.1, 0.15) is 49.2 Å². The molecule has 188 valence electrons. The van der Waals surface area contributed by atoms with Crippen LogP contribution in [0.25, 0.3) is 5.69 Å². The number of carbonyl (C=O) groups is 1. The van der Waals surface area contributed by atoms with Gasteiger partial charge in [-0.2, -0.15) is 15.0 Å². The van der Waals surface area contributed by atoms with Gasteiger partial charge >= 0.3 is 7.12 Å². The summed E-state index contributed by atoms with van der Waals surface area (Å²) >= 11 is 0. The Labute approximate surface area is 212 Å². The fraction of sp³-hybridized carbons (Fsp3) is 0.444. The maximum absolute atomic E-state index is 13.8. The molecule has 0 radical (unpaired) electrons. The van der Waals surface area contributed by atoms with Crippen LogP contribution in [-0.2, 0) is 20.5 Å². The number of rotatable bonds is 5. The van der Waals surface area contributed by atoms with Gasteiger partial charge in [0.25, 0.3) is 5.91 Å². The molecule has 2 aliphatic heterocycles. The normalized spacial score (nSPS) is 21.1. The second kappa shape index (κ2) is 9.46. The Morgan fingerprint density at radius 1 is 1.06 bits per heavy atom. The van der Waals surface area contributed by atoms with Crippen LogP contribution in [-0.4, -0.2) is 69.9 Å². The van der Waals surface area contributed by atoms with Gasteiger partial charge in [0.2, 0.25) is 0 Å². The summed E-state index contributed by atoms with van der Waals surface area (Å²) in [7, 11) is -0.427. The molecule has 3 aromatic rings. The molecule has 1 aromatic heterocycles. The van der Waals surface area contributed by atoms with Crippen LogP contribution >= 0.6 is 0 Å². The highest BCUT2D eigenvalue weighted by Crippen LogP contribution is 2.36. The first kappa shape index (κ1) is 24.7. The van der Waals surface area contributed by atoms with Crippen molar-refractivity contribution in [3.8, 4) is 5.69 Å². The van der Waals surface area contributed by atoms with Crippen molar-refractivity contribution >= 4 is 18.5 Å². The Hall–Kier alpha value is -3.01. The molecule has 1 unspecified atom stereocenters. The number of morpholine rings is 1. The molecule has 36 heavy (non-hydrogen) atoms. The molecule has 2 aliphatic rings. The van der Waals surface area contributed by atoms with Gasteiger partial charge in [-0.15, -0.1) is 0 Å². The van der Waals surface area contributed by atoms with Gasteiger partial charge in [0, 0.05) is 6.54 Å². The zero-order valence-electron chi connectivity index (χ0n) is 21.6. The average Bonchev–Trinajstić information content (AvgIpc) is 3.46. The second-order valence-corrected chi connectivity index (χ2v) is 10.5. The minimum absolute atomic E-state index is 0.0468. The van der Waals surface area contributed by atoms with Crippen molar-refractivity contribution in [2.24, 2.45) is 0 Å². The van der Waals surface area contributed by atoms with E-state index in [0.717, 1.165) is 16.6 Å². The topological polar surface area (TPSA) is 78.7 Å². The summed E-state index contributed by atoms with van der Waals surface area (Å²) in [4.78, 5) is 17.2. The predicted octanol–water partition coefficient (Wildman–Crippen LogP) is 2.96. The number of amides is 1. The summed E-state index contributed by atoms with van der Waals surface area (Å²) in [6.45, 7) is 11.8. The van der Waals surface area contributed by atoms with E-state index in [1.54, 1.807) is 12.4 Å². The Bertz CT molecular complexity index is 1230. The number of hydrogen-bond donors (Lipinski definition) is 0. The smallest absolute Gasteiger partial charge is 0.399 e. The predicted molar refractivity (Wildman–Crippen MR) is 138 cm³/mol. The lowest BCUT2D eigenvalue weighted by atomic mass is 9.75. The lowest BCUT2D eigenvalue weighted by Gasteiger charge is -2.36. The number of benzene rings is 2. The quantitative estimate of drug-likeness (QED) is 0.514. The molecular formula is C27H33BN4O4. The fourth-order valence-corrected chi connectivity index (χ4v) is 4.73. The Morgan fingerprint density at radius 2 is 1.75 bits per heavy atom. The van der Waals surface area contributed by atoms with Crippen LogP contribution in [0.5, 0.6) is 0 Å². The van der Waals surface area contributed by atoms with E-state index in [0.29, 0.717) is 37.4 Å². The lowest BCUT2D eigenvalue weighted by molar-refractivity contribution is -0.00165. The molecule has 2 fully saturated rings. The van der Waals surface area contributed by atoms with Gasteiger partial charge in [-0.3, -0.25) is 4.79 Å². The summed E-state index contributed by atoms with van der Waals surface area (Å²) in [6, 6.07) is 13.7. The molecule has 0 saturated carbocycles. The third-order valence-corrected chi connectivity index (χ3v) is 7.58. The third-order valence-electron chi connectivity index (χ3n) is 7.58. The average molecular weight is 488 g/mol. The Kier molecular flexibility index (Phi) is 6.49. The van der Waals surface area contributed by atoms with Gasteiger partial charge in [-0.05, 0) is 64.2 Å². The summed E-state index contributed by atoms with van der Waals surface area (Å²) in [6.07, 6.45) is 3.88. The number of ether oxygens (including phenoxy) is 1. The van der Waals surface area contributed by atoms with Crippen molar-refractivity contribution < 1.29 is 18.8 Å². The van der Waals surface area contributed by atoms with Crippen LogP contribution in [0.15, 0.2) is 54.9 Å². The minimum atomic E-state index is -0.427. The van der Waals surface area contributed by atoms with Gasteiger partial charge in [0.1, 0.15) is 0 Å². The van der Waals surface area contributed by atoms with Crippen LogP contribution in [0, 0.1) is 6.92 Å². The molecule has 0 N–H and O–H groups in total. The van der Waals surface area contributed by atoms with E-state index in [-0.39, 0.29) is 11.9 Å². The van der Waals surface area contributed by atoms with Gasteiger partial charge in [0.05, 0.1) is 54.1 Å². The van der Waals surface area contributed by atoms with Crippen LogP contribution in [0.2, 0.25) is 0 Å². The number of aromatic nitrogens is 3. The zero-order valence-corrected chi connectivity index (χ0v) is 21.6. The summed E-state index contributed by atoms with van der Waals surface area (Å²) in [5.41, 5.74) is 3.68. The van der Waals surface area contributed by atoms with E-state index in [4.69, 9.17) is 14.0 Å². The van der Waals surface area contributed by atoms with Crippen molar-refractivity contribution in [2.45, 2.75) is 58.3 Å². The molecular weight excluding hydrogens is 455 g/mol. The Morgan fingerprint density at radius 3 is 2.47 bits per heavy atom. The molecule has 1 atom stereocenters. The van der Waals surface area contributed by atoms with Crippen molar-refractivity contribution in [1.29, 1.82) is 0 Å². The van der Waals surface area contributed by atoms with E-state index >= 15 is 0 Å². The molecule has 2 aromatic carbocycles. The SMILES string of the molecule is Cc1ccc(CC2COCCN2C(=O)c2ccccc2-n2nccn2)cc1B1OC(C)(C)C(C)(C)O1. The highest BCUT2D eigenvalue weighted by Gasteiger charge is 2.52. The molecule has 0 aliphatic carbocycles. The van der Waals surface area contributed by atoms with Crippen molar-refractivity contribution in [2.75, 3.05) is 19.8 Å². The highest BCUT2D eigenvalue weighted by molar-refractivity contribution is 6.62. The summed E-state index contributed by atoms with van der Waals surface area (Å²) in [5, 5.41) is 8.45. The van der Waals surface area contributed by atoms with Crippen LogP contribution in [0.3, 0.4) is 0 Å².